The Bertz CT molecular complexity index is 475. The molecule has 3 nitrogen and oxygen atoms in total. The number of hydrogen-bond donors (Lipinski definition) is 0. The quantitative estimate of drug-likeness (QED) is 0.700. The third kappa shape index (κ3) is 3.64. The Morgan fingerprint density at radius 2 is 2.27 bits per heavy atom. The maximum Gasteiger partial charge on any atom is 0.221 e. The van der Waals surface area contributed by atoms with Crippen molar-refractivity contribution in [2.45, 2.75) is 52.7 Å². The molecular weight excluding hydrogens is 300 g/mol. The smallest absolute Gasteiger partial charge is 0.221 e. The van der Waals surface area contributed by atoms with Gasteiger partial charge in [0.25, 0.3) is 0 Å². The Morgan fingerprint density at radius 3 is 2.82 bits per heavy atom. The standard InChI is InChI=1S/C18H27ClO3/c1-17(2,3)14-10-9-13(7-5-6-8-15(19)20)18(14)11-16(21-4)22-12-18/h5,7,9,14,16H,6,8,10-12H2,1-4H3/b7-5-/t14-,16?,18+/m0/s1. The van der Waals surface area contributed by atoms with Crippen molar-refractivity contribution in [3.8, 4) is 0 Å². The van der Waals surface area contributed by atoms with Gasteiger partial charge in [0.05, 0.1) is 6.61 Å². The lowest BCUT2D eigenvalue weighted by atomic mass is 9.63. The molecule has 1 saturated heterocycles. The van der Waals surface area contributed by atoms with Crippen molar-refractivity contribution in [1.29, 1.82) is 0 Å². The van der Waals surface area contributed by atoms with Gasteiger partial charge in [-0.2, -0.15) is 0 Å². The number of carbonyl (C=O) groups excluding carboxylic acids is 1. The summed E-state index contributed by atoms with van der Waals surface area (Å²) in [6.45, 7) is 7.60. The second-order valence-electron chi connectivity index (χ2n) is 7.45. The van der Waals surface area contributed by atoms with Crippen LogP contribution in [0.5, 0.6) is 0 Å². The monoisotopic (exact) mass is 326 g/mol. The van der Waals surface area contributed by atoms with Gasteiger partial charge in [0.1, 0.15) is 0 Å². The first-order valence-electron chi connectivity index (χ1n) is 7.99. The molecule has 1 heterocycles. The Hall–Kier alpha value is -0.640. The van der Waals surface area contributed by atoms with Gasteiger partial charge in [-0.15, -0.1) is 0 Å². The molecule has 0 N–H and O–H groups in total. The first-order chi connectivity index (χ1) is 10.3. The van der Waals surface area contributed by atoms with Gasteiger partial charge in [-0.3, -0.25) is 4.79 Å². The summed E-state index contributed by atoms with van der Waals surface area (Å²) in [5.41, 5.74) is 1.57. The van der Waals surface area contributed by atoms with Gasteiger partial charge < -0.3 is 9.47 Å². The van der Waals surface area contributed by atoms with Crippen molar-refractivity contribution in [2.24, 2.45) is 16.7 Å². The maximum absolute atomic E-state index is 10.8. The minimum Gasteiger partial charge on any atom is -0.356 e. The summed E-state index contributed by atoms with van der Waals surface area (Å²) in [5, 5.41) is -0.282. The molecule has 0 aromatic carbocycles. The number of allylic oxidation sites excluding steroid dienone is 3. The van der Waals surface area contributed by atoms with Crippen molar-refractivity contribution in [1.82, 2.24) is 0 Å². The van der Waals surface area contributed by atoms with Crippen LogP contribution in [0.3, 0.4) is 0 Å². The van der Waals surface area contributed by atoms with Crippen LogP contribution in [0.2, 0.25) is 0 Å². The highest BCUT2D eigenvalue weighted by Gasteiger charge is 2.53. The number of methoxy groups -OCH3 is 1. The van der Waals surface area contributed by atoms with E-state index < -0.39 is 0 Å². The Morgan fingerprint density at radius 1 is 1.55 bits per heavy atom. The molecule has 124 valence electrons. The number of carbonyl (C=O) groups is 1. The van der Waals surface area contributed by atoms with Crippen molar-refractivity contribution < 1.29 is 14.3 Å². The highest BCUT2D eigenvalue weighted by molar-refractivity contribution is 6.63. The van der Waals surface area contributed by atoms with Gasteiger partial charge in [0.2, 0.25) is 5.24 Å². The van der Waals surface area contributed by atoms with Gasteiger partial charge in [-0.25, -0.2) is 0 Å². The molecule has 2 aliphatic rings. The van der Waals surface area contributed by atoms with Crippen LogP contribution in [-0.2, 0) is 14.3 Å². The molecule has 0 amide bonds. The lowest BCUT2D eigenvalue weighted by Crippen LogP contribution is -2.37. The average molecular weight is 327 g/mol. The number of hydrogen-bond acceptors (Lipinski definition) is 3. The van der Waals surface area contributed by atoms with E-state index >= 15 is 0 Å². The van der Waals surface area contributed by atoms with Crippen molar-refractivity contribution >= 4 is 16.8 Å². The van der Waals surface area contributed by atoms with E-state index in [0.717, 1.165) is 12.8 Å². The van der Waals surface area contributed by atoms with E-state index in [9.17, 15) is 4.79 Å². The first kappa shape index (κ1) is 17.7. The zero-order valence-corrected chi connectivity index (χ0v) is 14.8. The fraction of sp³-hybridized carbons (Fsp3) is 0.722. The summed E-state index contributed by atoms with van der Waals surface area (Å²) in [7, 11) is 1.70. The van der Waals surface area contributed by atoms with Gasteiger partial charge in [0.15, 0.2) is 6.29 Å². The molecule has 0 radical (unpaired) electrons. The summed E-state index contributed by atoms with van der Waals surface area (Å²) in [4.78, 5) is 10.8. The molecular formula is C18H27ClO3. The van der Waals surface area contributed by atoms with Crippen LogP contribution >= 0.6 is 11.6 Å². The predicted octanol–water partition coefficient (Wildman–Crippen LogP) is 4.46. The van der Waals surface area contributed by atoms with Crippen LogP contribution in [0.25, 0.3) is 0 Å². The molecule has 1 aliphatic heterocycles. The van der Waals surface area contributed by atoms with E-state index in [2.05, 4.69) is 39.0 Å². The van der Waals surface area contributed by atoms with Crippen LogP contribution in [-0.4, -0.2) is 25.2 Å². The van der Waals surface area contributed by atoms with E-state index in [4.69, 9.17) is 21.1 Å². The van der Waals surface area contributed by atoms with E-state index in [0.29, 0.717) is 25.4 Å². The van der Waals surface area contributed by atoms with Crippen molar-refractivity contribution in [2.75, 3.05) is 13.7 Å². The SMILES string of the molecule is COC1C[C@@]2(CO1)C(/C=C\CCC(=O)Cl)=CC[C@H]2C(C)(C)C. The predicted molar refractivity (Wildman–Crippen MR) is 88.7 cm³/mol. The Balaban J connectivity index is 2.17. The topological polar surface area (TPSA) is 35.5 Å². The van der Waals surface area contributed by atoms with E-state index in [1.54, 1.807) is 7.11 Å². The summed E-state index contributed by atoms with van der Waals surface area (Å²) >= 11 is 5.39. The van der Waals surface area contributed by atoms with Crippen molar-refractivity contribution in [3.05, 3.63) is 23.8 Å². The van der Waals surface area contributed by atoms with Crippen LogP contribution in [0, 0.1) is 16.7 Å². The molecule has 1 fully saturated rings. The minimum atomic E-state index is -0.282. The van der Waals surface area contributed by atoms with Gasteiger partial charge >= 0.3 is 0 Å². The second kappa shape index (κ2) is 6.86. The van der Waals surface area contributed by atoms with Crippen molar-refractivity contribution in [3.63, 3.8) is 0 Å². The summed E-state index contributed by atoms with van der Waals surface area (Å²) in [6.07, 6.45) is 9.46. The van der Waals surface area contributed by atoms with Gasteiger partial charge in [0, 0.05) is 25.4 Å². The number of ether oxygens (including phenoxy) is 2. The van der Waals surface area contributed by atoms with E-state index in [-0.39, 0.29) is 22.4 Å². The third-order valence-electron chi connectivity index (χ3n) is 4.99. The van der Waals surface area contributed by atoms with E-state index in [1.807, 2.05) is 0 Å². The first-order valence-corrected chi connectivity index (χ1v) is 8.37. The fourth-order valence-corrected chi connectivity index (χ4v) is 4.06. The number of halogens is 1. The van der Waals surface area contributed by atoms with E-state index in [1.165, 1.54) is 5.57 Å². The molecule has 1 aliphatic carbocycles. The summed E-state index contributed by atoms with van der Waals surface area (Å²) in [5.74, 6) is 0.537. The highest BCUT2D eigenvalue weighted by atomic mass is 35.5. The molecule has 1 unspecified atom stereocenters. The molecule has 2 rings (SSSR count). The maximum atomic E-state index is 10.8. The molecule has 4 heteroatoms. The summed E-state index contributed by atoms with van der Waals surface area (Å²) < 4.78 is 11.3. The lowest BCUT2D eigenvalue weighted by molar-refractivity contribution is -0.111. The molecule has 0 aromatic heterocycles. The largest absolute Gasteiger partial charge is 0.356 e. The molecule has 0 bridgehead atoms. The normalized spacial score (nSPS) is 32.1. The minimum absolute atomic E-state index is 0.0282. The molecule has 0 saturated carbocycles. The molecule has 22 heavy (non-hydrogen) atoms. The fourth-order valence-electron chi connectivity index (χ4n) is 3.95. The zero-order valence-electron chi connectivity index (χ0n) is 14.0. The van der Waals surface area contributed by atoms with Gasteiger partial charge in [-0.05, 0) is 41.3 Å². The van der Waals surface area contributed by atoms with Crippen LogP contribution in [0.4, 0.5) is 0 Å². The molecule has 0 aromatic rings. The third-order valence-corrected chi connectivity index (χ3v) is 5.18. The van der Waals surface area contributed by atoms with Crippen LogP contribution in [0.15, 0.2) is 23.8 Å². The van der Waals surface area contributed by atoms with Crippen LogP contribution < -0.4 is 0 Å². The zero-order chi connectivity index (χ0) is 16.4. The lowest BCUT2D eigenvalue weighted by Gasteiger charge is -2.40. The summed E-state index contributed by atoms with van der Waals surface area (Å²) in [6, 6.07) is 0. The van der Waals surface area contributed by atoms with Crippen LogP contribution in [0.1, 0.15) is 46.5 Å². The Labute approximate surface area is 138 Å². The average Bonchev–Trinajstić information content (AvgIpc) is 3.00. The number of rotatable bonds is 5. The second-order valence-corrected chi connectivity index (χ2v) is 7.87. The highest BCUT2D eigenvalue weighted by Crippen LogP contribution is 2.57. The van der Waals surface area contributed by atoms with Gasteiger partial charge in [-0.1, -0.05) is 39.0 Å². The molecule has 3 atom stereocenters. The molecule has 1 spiro atoms. The Kier molecular flexibility index (Phi) is 5.52.